The summed E-state index contributed by atoms with van der Waals surface area (Å²) >= 11 is 0. The van der Waals surface area contributed by atoms with Crippen molar-refractivity contribution in [1.29, 1.82) is 0 Å². The minimum Gasteiger partial charge on any atom is -0.357 e. The third kappa shape index (κ3) is 5.53. The number of nitrogens with zero attached hydrogens (tertiary/aromatic N) is 5. The van der Waals surface area contributed by atoms with Crippen LogP contribution in [-0.2, 0) is 6.54 Å². The number of hydrogen-bond acceptors (Lipinski definition) is 4. The van der Waals surface area contributed by atoms with E-state index in [-0.39, 0.29) is 0 Å². The lowest BCUT2D eigenvalue weighted by molar-refractivity contribution is 0.167. The maximum Gasteiger partial charge on any atom is 0.191 e. The van der Waals surface area contributed by atoms with Crippen molar-refractivity contribution in [3.05, 3.63) is 42.4 Å². The number of aliphatic imine (C=N–C) groups is 1. The first kappa shape index (κ1) is 19.4. The van der Waals surface area contributed by atoms with Crippen LogP contribution >= 0.6 is 0 Å². The maximum absolute atomic E-state index is 4.78. The molecule has 0 radical (unpaired) electrons. The van der Waals surface area contributed by atoms with Crippen LogP contribution in [-0.4, -0.2) is 57.3 Å². The second-order valence-corrected chi connectivity index (χ2v) is 7.22. The van der Waals surface area contributed by atoms with Gasteiger partial charge in [-0.2, -0.15) is 5.10 Å². The van der Waals surface area contributed by atoms with Gasteiger partial charge in [0.25, 0.3) is 0 Å². The van der Waals surface area contributed by atoms with E-state index in [2.05, 4.69) is 46.4 Å². The minimum absolute atomic E-state index is 0.481. The van der Waals surface area contributed by atoms with Crippen molar-refractivity contribution in [3.63, 3.8) is 0 Å². The molecule has 2 aromatic rings. The number of guanidine groups is 1. The Morgan fingerprint density at radius 1 is 1.30 bits per heavy atom. The van der Waals surface area contributed by atoms with Gasteiger partial charge in [0.15, 0.2) is 11.8 Å². The van der Waals surface area contributed by atoms with Crippen molar-refractivity contribution < 1.29 is 0 Å². The lowest BCUT2D eigenvalue weighted by Crippen LogP contribution is -2.49. The van der Waals surface area contributed by atoms with Gasteiger partial charge in [0.05, 0.1) is 6.54 Å². The molecule has 3 rings (SSSR count). The van der Waals surface area contributed by atoms with Gasteiger partial charge in [-0.15, -0.1) is 0 Å². The standard InChI is InChI=1S/C20H31N7/c1-4-21-20(25-18-7-12-26(13-8-18)16(2)3)23-15-17-6-10-22-19(14-17)27-11-5-9-24-27/h5-6,9-11,14,16,18H,4,7-8,12-13,15H2,1-3H3,(H2,21,23,25). The van der Waals surface area contributed by atoms with E-state index < -0.39 is 0 Å². The maximum atomic E-state index is 4.78. The van der Waals surface area contributed by atoms with E-state index in [1.165, 1.54) is 0 Å². The first-order chi connectivity index (χ1) is 13.2. The van der Waals surface area contributed by atoms with Crippen molar-refractivity contribution in [2.45, 2.75) is 52.2 Å². The van der Waals surface area contributed by atoms with Crippen LogP contribution in [0, 0.1) is 0 Å². The van der Waals surface area contributed by atoms with Gasteiger partial charge in [-0.1, -0.05) is 0 Å². The highest BCUT2D eigenvalue weighted by atomic mass is 15.3. The number of pyridine rings is 1. The molecule has 146 valence electrons. The van der Waals surface area contributed by atoms with Crippen LogP contribution in [0.15, 0.2) is 41.8 Å². The van der Waals surface area contributed by atoms with Crippen molar-refractivity contribution in [2.24, 2.45) is 4.99 Å². The van der Waals surface area contributed by atoms with Crippen LogP contribution in [0.5, 0.6) is 0 Å². The highest BCUT2D eigenvalue weighted by molar-refractivity contribution is 5.80. The fraction of sp³-hybridized carbons (Fsp3) is 0.550. The lowest BCUT2D eigenvalue weighted by atomic mass is 10.0. The Kier molecular flexibility index (Phi) is 6.81. The molecule has 0 amide bonds. The molecule has 0 bridgehead atoms. The zero-order chi connectivity index (χ0) is 19.1. The lowest BCUT2D eigenvalue weighted by Gasteiger charge is -2.35. The number of nitrogens with one attached hydrogen (secondary N) is 2. The van der Waals surface area contributed by atoms with Crippen LogP contribution in [0.4, 0.5) is 0 Å². The van der Waals surface area contributed by atoms with E-state index in [9.17, 15) is 0 Å². The zero-order valence-corrected chi connectivity index (χ0v) is 16.6. The van der Waals surface area contributed by atoms with Gasteiger partial charge in [-0.3, -0.25) is 0 Å². The van der Waals surface area contributed by atoms with E-state index in [0.29, 0.717) is 18.6 Å². The Labute approximate surface area is 161 Å². The normalized spacial score (nSPS) is 16.7. The molecule has 1 aliphatic heterocycles. The van der Waals surface area contributed by atoms with Gasteiger partial charge in [-0.25, -0.2) is 14.7 Å². The minimum atomic E-state index is 0.481. The summed E-state index contributed by atoms with van der Waals surface area (Å²) in [6.07, 6.45) is 7.77. The molecule has 0 unspecified atom stereocenters. The van der Waals surface area contributed by atoms with Crippen molar-refractivity contribution in [1.82, 2.24) is 30.3 Å². The van der Waals surface area contributed by atoms with Crippen LogP contribution in [0.1, 0.15) is 39.2 Å². The Morgan fingerprint density at radius 2 is 2.11 bits per heavy atom. The van der Waals surface area contributed by atoms with Crippen LogP contribution in [0.2, 0.25) is 0 Å². The Hall–Kier alpha value is -2.41. The second-order valence-electron chi connectivity index (χ2n) is 7.22. The van der Waals surface area contributed by atoms with Gasteiger partial charge in [0, 0.05) is 50.3 Å². The third-order valence-electron chi connectivity index (χ3n) is 4.91. The number of aromatic nitrogens is 3. The molecule has 3 heterocycles. The summed E-state index contributed by atoms with van der Waals surface area (Å²) in [7, 11) is 0. The van der Waals surface area contributed by atoms with E-state index in [0.717, 1.165) is 49.8 Å². The first-order valence-corrected chi connectivity index (χ1v) is 9.89. The summed E-state index contributed by atoms with van der Waals surface area (Å²) in [6, 6.07) is 7.03. The molecule has 2 aromatic heterocycles. The van der Waals surface area contributed by atoms with Gasteiger partial charge < -0.3 is 15.5 Å². The van der Waals surface area contributed by atoms with E-state index in [1.807, 2.05) is 30.6 Å². The topological polar surface area (TPSA) is 70.4 Å². The van der Waals surface area contributed by atoms with Crippen LogP contribution in [0.3, 0.4) is 0 Å². The Morgan fingerprint density at radius 3 is 2.78 bits per heavy atom. The van der Waals surface area contributed by atoms with Crippen molar-refractivity contribution in [2.75, 3.05) is 19.6 Å². The molecule has 1 saturated heterocycles. The first-order valence-electron chi connectivity index (χ1n) is 9.89. The summed E-state index contributed by atoms with van der Waals surface area (Å²) in [5.41, 5.74) is 1.11. The summed E-state index contributed by atoms with van der Waals surface area (Å²) in [6.45, 7) is 10.4. The molecule has 7 nitrogen and oxygen atoms in total. The largest absolute Gasteiger partial charge is 0.357 e. The molecule has 0 spiro atoms. The van der Waals surface area contributed by atoms with E-state index in [1.54, 1.807) is 10.9 Å². The van der Waals surface area contributed by atoms with Crippen molar-refractivity contribution >= 4 is 5.96 Å². The highest BCUT2D eigenvalue weighted by Crippen LogP contribution is 2.13. The molecule has 0 aromatic carbocycles. The summed E-state index contributed by atoms with van der Waals surface area (Å²) in [4.78, 5) is 11.7. The molecule has 1 aliphatic rings. The highest BCUT2D eigenvalue weighted by Gasteiger charge is 2.21. The van der Waals surface area contributed by atoms with E-state index >= 15 is 0 Å². The van der Waals surface area contributed by atoms with Crippen molar-refractivity contribution in [3.8, 4) is 5.82 Å². The molecule has 0 aliphatic carbocycles. The van der Waals surface area contributed by atoms with Gasteiger partial charge >= 0.3 is 0 Å². The van der Waals surface area contributed by atoms with Gasteiger partial charge in [-0.05, 0) is 57.4 Å². The average molecular weight is 370 g/mol. The molecule has 7 heteroatoms. The fourth-order valence-corrected chi connectivity index (χ4v) is 3.33. The average Bonchev–Trinajstić information content (AvgIpc) is 3.22. The number of likely N-dealkylation sites (tertiary alicyclic amines) is 1. The quantitative estimate of drug-likeness (QED) is 0.603. The molecule has 1 fully saturated rings. The van der Waals surface area contributed by atoms with Crippen LogP contribution in [0.25, 0.3) is 5.82 Å². The number of piperidine rings is 1. The third-order valence-corrected chi connectivity index (χ3v) is 4.91. The molecule has 27 heavy (non-hydrogen) atoms. The molecule has 2 N–H and O–H groups in total. The summed E-state index contributed by atoms with van der Waals surface area (Å²) in [5, 5.41) is 11.2. The summed E-state index contributed by atoms with van der Waals surface area (Å²) in [5.74, 6) is 1.70. The second kappa shape index (κ2) is 9.50. The molecule has 0 saturated carbocycles. The van der Waals surface area contributed by atoms with Gasteiger partial charge in [0.1, 0.15) is 0 Å². The fourth-order valence-electron chi connectivity index (χ4n) is 3.33. The monoisotopic (exact) mass is 369 g/mol. The Balaban J connectivity index is 1.60. The SMILES string of the molecule is CCNC(=NCc1ccnc(-n2cccn2)c1)NC1CCN(C(C)C)CC1. The zero-order valence-electron chi connectivity index (χ0n) is 16.6. The number of rotatable bonds is 6. The summed E-state index contributed by atoms with van der Waals surface area (Å²) < 4.78 is 1.76. The number of hydrogen-bond donors (Lipinski definition) is 2. The van der Waals surface area contributed by atoms with Crippen LogP contribution < -0.4 is 10.6 Å². The predicted octanol–water partition coefficient (Wildman–Crippen LogP) is 2.20. The molecular weight excluding hydrogens is 338 g/mol. The smallest absolute Gasteiger partial charge is 0.191 e. The van der Waals surface area contributed by atoms with Gasteiger partial charge in [0.2, 0.25) is 0 Å². The molecular formula is C20H31N7. The predicted molar refractivity (Wildman–Crippen MR) is 109 cm³/mol. The Bertz CT molecular complexity index is 716. The molecule has 0 atom stereocenters. The van der Waals surface area contributed by atoms with E-state index in [4.69, 9.17) is 4.99 Å².